The van der Waals surface area contributed by atoms with Crippen molar-refractivity contribution < 1.29 is 0 Å². The summed E-state index contributed by atoms with van der Waals surface area (Å²) in [6.45, 7) is 0. The van der Waals surface area contributed by atoms with Gasteiger partial charge in [-0.1, -0.05) is 23.7 Å². The summed E-state index contributed by atoms with van der Waals surface area (Å²) in [5.41, 5.74) is 10.2. The second kappa shape index (κ2) is 5.90. The molecular formula is C18H11ClN6OS. The van der Waals surface area contributed by atoms with Gasteiger partial charge in [-0.2, -0.15) is 5.10 Å². The van der Waals surface area contributed by atoms with E-state index in [0.29, 0.717) is 37.1 Å². The normalized spacial score (nSPS) is 11.4. The molecule has 0 saturated heterocycles. The summed E-state index contributed by atoms with van der Waals surface area (Å²) in [5, 5.41) is 8.97. The lowest BCUT2D eigenvalue weighted by Gasteiger charge is -2.12. The standard InChI is InChI=1S/C18H11ClN6OS/c19-13-6-21-18(27-13)10-4-9(8-2-1-3-12-11(8)5-24-25-12)15(20)14-16(10)22-7-23-17(14)26/h1-7H,20H2,(H,24,25)(H,22,23,26). The molecule has 2 aromatic carbocycles. The van der Waals surface area contributed by atoms with Crippen molar-refractivity contribution in [1.82, 2.24) is 25.1 Å². The molecule has 0 radical (unpaired) electrons. The Kier molecular flexibility index (Phi) is 3.49. The van der Waals surface area contributed by atoms with Gasteiger partial charge in [0.15, 0.2) is 0 Å². The smallest absolute Gasteiger partial charge is 0.260 e. The molecule has 0 amide bonds. The molecule has 0 saturated carbocycles. The lowest BCUT2D eigenvalue weighted by molar-refractivity contribution is 1.12. The summed E-state index contributed by atoms with van der Waals surface area (Å²) in [6.07, 6.45) is 4.67. The number of nitrogens with zero attached hydrogens (tertiary/aromatic N) is 3. The van der Waals surface area contributed by atoms with E-state index in [1.54, 1.807) is 12.4 Å². The fourth-order valence-electron chi connectivity index (χ4n) is 3.25. The lowest BCUT2D eigenvalue weighted by atomic mass is 9.95. The number of hydrogen-bond acceptors (Lipinski definition) is 6. The Morgan fingerprint density at radius 1 is 1.11 bits per heavy atom. The van der Waals surface area contributed by atoms with E-state index in [1.807, 2.05) is 24.3 Å². The van der Waals surface area contributed by atoms with Crippen LogP contribution in [0.25, 0.3) is 43.5 Å². The number of fused-ring (bicyclic) bond motifs is 2. The molecule has 3 heterocycles. The fourth-order valence-corrected chi connectivity index (χ4v) is 4.18. The zero-order valence-corrected chi connectivity index (χ0v) is 15.2. The molecule has 0 spiro atoms. The lowest BCUT2D eigenvalue weighted by Crippen LogP contribution is -2.10. The van der Waals surface area contributed by atoms with Crippen LogP contribution in [0.15, 0.2) is 47.8 Å². The maximum Gasteiger partial charge on any atom is 0.260 e. The van der Waals surface area contributed by atoms with E-state index in [4.69, 9.17) is 17.3 Å². The zero-order chi connectivity index (χ0) is 18.5. The van der Waals surface area contributed by atoms with E-state index in [-0.39, 0.29) is 5.56 Å². The Morgan fingerprint density at radius 2 is 2.00 bits per heavy atom. The van der Waals surface area contributed by atoms with Crippen molar-refractivity contribution in [3.63, 3.8) is 0 Å². The maximum atomic E-state index is 12.5. The van der Waals surface area contributed by atoms with Crippen LogP contribution < -0.4 is 11.3 Å². The minimum absolute atomic E-state index is 0.303. The highest BCUT2D eigenvalue weighted by Gasteiger charge is 2.19. The van der Waals surface area contributed by atoms with Gasteiger partial charge < -0.3 is 10.7 Å². The highest BCUT2D eigenvalue weighted by Crippen LogP contribution is 2.40. The number of aromatic amines is 2. The number of nitrogens with one attached hydrogen (secondary N) is 2. The van der Waals surface area contributed by atoms with Gasteiger partial charge in [-0.3, -0.25) is 9.89 Å². The summed E-state index contributed by atoms with van der Waals surface area (Å²) in [5.74, 6) is 0. The van der Waals surface area contributed by atoms with Crippen molar-refractivity contribution in [2.24, 2.45) is 0 Å². The average molecular weight is 395 g/mol. The molecule has 3 aromatic heterocycles. The van der Waals surface area contributed by atoms with Crippen LogP contribution in [0.1, 0.15) is 0 Å². The van der Waals surface area contributed by atoms with E-state index in [2.05, 4.69) is 25.1 Å². The van der Waals surface area contributed by atoms with Crippen molar-refractivity contribution in [2.45, 2.75) is 0 Å². The second-order valence-corrected chi connectivity index (χ2v) is 7.61. The minimum atomic E-state index is -0.303. The van der Waals surface area contributed by atoms with Gasteiger partial charge in [-0.15, -0.1) is 11.3 Å². The fraction of sp³-hybridized carbons (Fsp3) is 0. The molecule has 0 bridgehead atoms. The summed E-state index contributed by atoms with van der Waals surface area (Å²) < 4.78 is 0.554. The molecule has 7 nitrogen and oxygen atoms in total. The van der Waals surface area contributed by atoms with Crippen LogP contribution in [0.4, 0.5) is 5.69 Å². The number of H-pyrrole nitrogens is 2. The molecule has 5 rings (SSSR count). The third kappa shape index (κ3) is 2.42. The number of halogens is 1. The molecule has 9 heteroatoms. The zero-order valence-electron chi connectivity index (χ0n) is 13.7. The van der Waals surface area contributed by atoms with Gasteiger partial charge in [0.1, 0.15) is 9.34 Å². The van der Waals surface area contributed by atoms with Crippen LogP contribution in [0.3, 0.4) is 0 Å². The number of rotatable bonds is 2. The first-order valence-electron chi connectivity index (χ1n) is 7.97. The molecule has 5 aromatic rings. The van der Waals surface area contributed by atoms with Crippen LogP contribution in [0.2, 0.25) is 4.34 Å². The molecular weight excluding hydrogens is 384 g/mol. The quantitative estimate of drug-likeness (QED) is 0.394. The highest BCUT2D eigenvalue weighted by molar-refractivity contribution is 7.19. The number of benzene rings is 2. The Balaban J connectivity index is 1.94. The van der Waals surface area contributed by atoms with E-state index < -0.39 is 0 Å². The van der Waals surface area contributed by atoms with Gasteiger partial charge in [-0.05, 0) is 17.7 Å². The van der Waals surface area contributed by atoms with Gasteiger partial charge in [0.05, 0.1) is 40.8 Å². The van der Waals surface area contributed by atoms with Gasteiger partial charge in [0.2, 0.25) is 0 Å². The van der Waals surface area contributed by atoms with E-state index in [1.165, 1.54) is 17.7 Å². The molecule has 0 atom stereocenters. The number of thiazole rings is 1. The van der Waals surface area contributed by atoms with Crippen LogP contribution in [0, 0.1) is 0 Å². The minimum Gasteiger partial charge on any atom is -0.398 e. The Hall–Kier alpha value is -3.23. The Bertz CT molecular complexity index is 1390. The third-order valence-corrected chi connectivity index (χ3v) is 5.59. The second-order valence-electron chi connectivity index (χ2n) is 5.95. The monoisotopic (exact) mass is 394 g/mol. The molecule has 27 heavy (non-hydrogen) atoms. The summed E-state index contributed by atoms with van der Waals surface area (Å²) in [4.78, 5) is 23.9. The average Bonchev–Trinajstić information content (AvgIpc) is 3.31. The first kappa shape index (κ1) is 16.0. The van der Waals surface area contributed by atoms with E-state index in [0.717, 1.165) is 16.5 Å². The maximum absolute atomic E-state index is 12.5. The number of nitrogen functional groups attached to an aromatic ring is 1. The van der Waals surface area contributed by atoms with Crippen LogP contribution in [0.5, 0.6) is 0 Å². The highest BCUT2D eigenvalue weighted by atomic mass is 35.5. The molecule has 0 aliphatic carbocycles. The first-order valence-corrected chi connectivity index (χ1v) is 9.17. The molecule has 0 fully saturated rings. The van der Waals surface area contributed by atoms with E-state index in [9.17, 15) is 4.79 Å². The molecule has 4 N–H and O–H groups in total. The molecule has 132 valence electrons. The number of anilines is 1. The predicted molar refractivity (Wildman–Crippen MR) is 108 cm³/mol. The van der Waals surface area contributed by atoms with Gasteiger partial charge >= 0.3 is 0 Å². The van der Waals surface area contributed by atoms with Crippen LogP contribution >= 0.6 is 22.9 Å². The van der Waals surface area contributed by atoms with Crippen molar-refractivity contribution >= 4 is 50.4 Å². The Labute approximate surface area is 160 Å². The number of hydrogen-bond donors (Lipinski definition) is 3. The van der Waals surface area contributed by atoms with Gasteiger partial charge in [0, 0.05) is 16.5 Å². The first-order chi connectivity index (χ1) is 13.1. The van der Waals surface area contributed by atoms with Gasteiger partial charge in [-0.25, -0.2) is 9.97 Å². The molecule has 0 aliphatic rings. The largest absolute Gasteiger partial charge is 0.398 e. The topological polar surface area (TPSA) is 113 Å². The molecule has 0 aliphatic heterocycles. The SMILES string of the molecule is Nc1c(-c2cccc3[nH]ncc23)cc(-c2ncc(Cl)s2)c2nc[nH]c(=O)c12. The van der Waals surface area contributed by atoms with Crippen molar-refractivity contribution in [1.29, 1.82) is 0 Å². The van der Waals surface area contributed by atoms with Crippen LogP contribution in [-0.2, 0) is 0 Å². The van der Waals surface area contributed by atoms with Crippen molar-refractivity contribution in [3.05, 3.63) is 57.7 Å². The number of aromatic nitrogens is 5. The summed E-state index contributed by atoms with van der Waals surface area (Å²) in [7, 11) is 0. The summed E-state index contributed by atoms with van der Waals surface area (Å²) >= 11 is 7.39. The van der Waals surface area contributed by atoms with Crippen molar-refractivity contribution in [3.8, 4) is 21.7 Å². The van der Waals surface area contributed by atoms with E-state index >= 15 is 0 Å². The van der Waals surface area contributed by atoms with Crippen LogP contribution in [-0.4, -0.2) is 25.1 Å². The summed E-state index contributed by atoms with van der Waals surface area (Å²) in [6, 6.07) is 7.69. The van der Waals surface area contributed by atoms with Gasteiger partial charge in [0.25, 0.3) is 5.56 Å². The third-order valence-electron chi connectivity index (χ3n) is 4.44. The predicted octanol–water partition coefficient (Wildman–Crippen LogP) is 3.83. The Morgan fingerprint density at radius 3 is 2.81 bits per heavy atom. The number of nitrogens with two attached hydrogens (primary N) is 1. The van der Waals surface area contributed by atoms with Crippen molar-refractivity contribution in [2.75, 3.05) is 5.73 Å². The molecule has 0 unspecified atom stereocenters.